The van der Waals surface area contributed by atoms with E-state index in [1.807, 2.05) is 30.3 Å². The van der Waals surface area contributed by atoms with E-state index in [1.165, 1.54) is 0 Å². The SMILES string of the molecule is C[C@H](Nc1nc(Nc2cnccn2)cc(N2CCNCC2)n1)c1ccc(Cl)cc1. The Balaban J connectivity index is 1.60. The summed E-state index contributed by atoms with van der Waals surface area (Å²) in [5, 5.41) is 10.7. The van der Waals surface area contributed by atoms with Crippen LogP contribution in [0.25, 0.3) is 0 Å². The average Bonchev–Trinajstić information content (AvgIpc) is 2.75. The molecule has 4 rings (SSSR count). The number of nitrogens with one attached hydrogen (secondary N) is 3. The predicted molar refractivity (Wildman–Crippen MR) is 116 cm³/mol. The van der Waals surface area contributed by atoms with Gasteiger partial charge in [-0.1, -0.05) is 23.7 Å². The van der Waals surface area contributed by atoms with Gasteiger partial charge < -0.3 is 20.9 Å². The molecule has 0 amide bonds. The highest BCUT2D eigenvalue weighted by molar-refractivity contribution is 6.30. The van der Waals surface area contributed by atoms with Crippen LogP contribution in [0.2, 0.25) is 5.02 Å². The van der Waals surface area contributed by atoms with Crippen molar-refractivity contribution in [2.45, 2.75) is 13.0 Å². The van der Waals surface area contributed by atoms with Crippen molar-refractivity contribution in [2.75, 3.05) is 41.7 Å². The van der Waals surface area contributed by atoms with Crippen molar-refractivity contribution in [3.05, 3.63) is 59.5 Å². The summed E-state index contributed by atoms with van der Waals surface area (Å²) in [5.41, 5.74) is 1.11. The highest BCUT2D eigenvalue weighted by Gasteiger charge is 2.16. The van der Waals surface area contributed by atoms with E-state index in [0.717, 1.165) is 37.6 Å². The maximum absolute atomic E-state index is 6.01. The Morgan fingerprint density at radius 2 is 1.86 bits per heavy atom. The lowest BCUT2D eigenvalue weighted by molar-refractivity contribution is 0.584. The molecule has 3 N–H and O–H groups in total. The molecule has 0 radical (unpaired) electrons. The van der Waals surface area contributed by atoms with Crippen LogP contribution in [-0.4, -0.2) is 46.1 Å². The Labute approximate surface area is 174 Å². The number of rotatable bonds is 6. The summed E-state index contributed by atoms with van der Waals surface area (Å²) in [6.45, 7) is 5.73. The number of hydrogen-bond donors (Lipinski definition) is 3. The van der Waals surface area contributed by atoms with Crippen molar-refractivity contribution in [1.29, 1.82) is 0 Å². The zero-order chi connectivity index (χ0) is 20.1. The normalized spacial score (nSPS) is 15.0. The molecule has 3 heterocycles. The molecule has 1 aliphatic rings. The van der Waals surface area contributed by atoms with E-state index in [1.54, 1.807) is 18.6 Å². The molecule has 2 aromatic heterocycles. The highest BCUT2D eigenvalue weighted by Crippen LogP contribution is 2.24. The monoisotopic (exact) mass is 410 g/mol. The van der Waals surface area contributed by atoms with Crippen molar-refractivity contribution in [3.8, 4) is 0 Å². The second-order valence-electron chi connectivity index (χ2n) is 6.81. The van der Waals surface area contributed by atoms with Crippen LogP contribution in [0.4, 0.5) is 23.4 Å². The maximum atomic E-state index is 6.01. The van der Waals surface area contributed by atoms with Gasteiger partial charge >= 0.3 is 0 Å². The van der Waals surface area contributed by atoms with E-state index in [-0.39, 0.29) is 6.04 Å². The Morgan fingerprint density at radius 3 is 2.59 bits per heavy atom. The summed E-state index contributed by atoms with van der Waals surface area (Å²) >= 11 is 6.01. The molecule has 1 saturated heterocycles. The first-order valence-corrected chi connectivity index (χ1v) is 9.95. The second kappa shape index (κ2) is 9.02. The smallest absolute Gasteiger partial charge is 0.227 e. The van der Waals surface area contributed by atoms with Crippen LogP contribution in [0.3, 0.4) is 0 Å². The maximum Gasteiger partial charge on any atom is 0.227 e. The molecule has 0 unspecified atom stereocenters. The largest absolute Gasteiger partial charge is 0.354 e. The van der Waals surface area contributed by atoms with Gasteiger partial charge in [0.05, 0.1) is 12.2 Å². The van der Waals surface area contributed by atoms with E-state index in [2.05, 4.69) is 42.7 Å². The van der Waals surface area contributed by atoms with Gasteiger partial charge in [0.25, 0.3) is 0 Å². The minimum absolute atomic E-state index is 0.0231. The molecule has 29 heavy (non-hydrogen) atoms. The molecule has 0 bridgehead atoms. The number of anilines is 4. The van der Waals surface area contributed by atoms with Gasteiger partial charge in [-0.25, -0.2) is 4.98 Å². The highest BCUT2D eigenvalue weighted by atomic mass is 35.5. The fourth-order valence-corrected chi connectivity index (χ4v) is 3.27. The molecule has 0 spiro atoms. The number of hydrogen-bond acceptors (Lipinski definition) is 8. The number of piperazine rings is 1. The van der Waals surface area contributed by atoms with Gasteiger partial charge in [-0.15, -0.1) is 0 Å². The van der Waals surface area contributed by atoms with E-state index in [4.69, 9.17) is 16.6 Å². The summed E-state index contributed by atoms with van der Waals surface area (Å²) in [5.74, 6) is 2.72. The third kappa shape index (κ3) is 5.10. The molecule has 150 valence electrons. The first-order valence-electron chi connectivity index (χ1n) is 9.57. The van der Waals surface area contributed by atoms with E-state index in [9.17, 15) is 0 Å². The molecule has 1 aromatic carbocycles. The van der Waals surface area contributed by atoms with Crippen LogP contribution in [0, 0.1) is 0 Å². The van der Waals surface area contributed by atoms with Gasteiger partial charge in [-0.05, 0) is 24.6 Å². The van der Waals surface area contributed by atoms with Crippen LogP contribution in [0.15, 0.2) is 48.9 Å². The minimum atomic E-state index is 0.0231. The predicted octanol–water partition coefficient (Wildman–Crippen LogP) is 3.25. The van der Waals surface area contributed by atoms with Crippen molar-refractivity contribution in [3.63, 3.8) is 0 Å². The van der Waals surface area contributed by atoms with E-state index >= 15 is 0 Å². The zero-order valence-electron chi connectivity index (χ0n) is 16.1. The first kappa shape index (κ1) is 19.4. The Hall–Kier alpha value is -2.97. The van der Waals surface area contributed by atoms with E-state index in [0.29, 0.717) is 22.6 Å². The van der Waals surface area contributed by atoms with Crippen LogP contribution in [0.1, 0.15) is 18.5 Å². The van der Waals surface area contributed by atoms with Gasteiger partial charge in [0.15, 0.2) is 0 Å². The van der Waals surface area contributed by atoms with Crippen LogP contribution in [0.5, 0.6) is 0 Å². The van der Waals surface area contributed by atoms with Crippen LogP contribution < -0.4 is 20.9 Å². The zero-order valence-corrected chi connectivity index (χ0v) is 16.9. The summed E-state index contributed by atoms with van der Waals surface area (Å²) in [6.07, 6.45) is 4.94. The molecule has 1 aliphatic heterocycles. The molecule has 3 aromatic rings. The van der Waals surface area contributed by atoms with Crippen molar-refractivity contribution >= 4 is 35.0 Å². The Morgan fingerprint density at radius 1 is 1.07 bits per heavy atom. The molecule has 1 atom stereocenters. The second-order valence-corrected chi connectivity index (χ2v) is 7.24. The van der Waals surface area contributed by atoms with Gasteiger partial charge in [-0.3, -0.25) is 4.98 Å². The Kier molecular flexibility index (Phi) is 6.02. The summed E-state index contributed by atoms with van der Waals surface area (Å²) in [6, 6.07) is 9.73. The quantitative estimate of drug-likeness (QED) is 0.570. The third-order valence-electron chi connectivity index (χ3n) is 4.69. The molecular formula is C20H23ClN8. The summed E-state index contributed by atoms with van der Waals surface area (Å²) in [7, 11) is 0. The molecule has 1 fully saturated rings. The molecule has 9 heteroatoms. The third-order valence-corrected chi connectivity index (χ3v) is 4.94. The van der Waals surface area contributed by atoms with Crippen LogP contribution in [-0.2, 0) is 0 Å². The minimum Gasteiger partial charge on any atom is -0.354 e. The van der Waals surface area contributed by atoms with Crippen molar-refractivity contribution in [2.24, 2.45) is 0 Å². The summed E-state index contributed by atoms with van der Waals surface area (Å²) < 4.78 is 0. The van der Waals surface area contributed by atoms with Crippen LogP contribution >= 0.6 is 11.6 Å². The average molecular weight is 411 g/mol. The molecule has 0 saturated carbocycles. The van der Waals surface area contributed by atoms with Gasteiger partial charge in [0.1, 0.15) is 17.5 Å². The van der Waals surface area contributed by atoms with Gasteiger partial charge in [-0.2, -0.15) is 9.97 Å². The number of benzene rings is 1. The van der Waals surface area contributed by atoms with Crippen molar-refractivity contribution in [1.82, 2.24) is 25.3 Å². The van der Waals surface area contributed by atoms with Gasteiger partial charge in [0.2, 0.25) is 5.95 Å². The molecule has 0 aliphatic carbocycles. The lowest BCUT2D eigenvalue weighted by Crippen LogP contribution is -2.44. The molecule has 8 nitrogen and oxygen atoms in total. The van der Waals surface area contributed by atoms with Crippen molar-refractivity contribution < 1.29 is 0 Å². The standard InChI is InChI=1S/C20H23ClN8/c1-14(15-2-4-16(21)5-3-15)25-20-27-17(26-18-13-23-6-7-24-18)12-19(28-20)29-10-8-22-9-11-29/h2-7,12-14,22H,8-11H2,1H3,(H2,24,25,26,27,28)/t14-/m0/s1. The lowest BCUT2D eigenvalue weighted by atomic mass is 10.1. The topological polar surface area (TPSA) is 90.9 Å². The summed E-state index contributed by atoms with van der Waals surface area (Å²) in [4.78, 5) is 20.0. The number of halogens is 1. The number of aromatic nitrogens is 4. The molecular weight excluding hydrogens is 388 g/mol. The van der Waals surface area contributed by atoms with E-state index < -0.39 is 0 Å². The number of nitrogens with zero attached hydrogens (tertiary/aromatic N) is 5. The fourth-order valence-electron chi connectivity index (χ4n) is 3.14. The fraction of sp³-hybridized carbons (Fsp3) is 0.300. The first-order chi connectivity index (χ1) is 14.2. The Bertz CT molecular complexity index is 929. The lowest BCUT2D eigenvalue weighted by Gasteiger charge is -2.29. The van der Waals surface area contributed by atoms with Gasteiger partial charge in [0, 0.05) is 49.7 Å².